The number of benzene rings is 2. The van der Waals surface area contributed by atoms with E-state index >= 15 is 0 Å². The molecule has 0 spiro atoms. The van der Waals surface area contributed by atoms with Gasteiger partial charge in [0.25, 0.3) is 0 Å². The van der Waals surface area contributed by atoms with Crippen LogP contribution in [0, 0.1) is 6.92 Å². The van der Waals surface area contributed by atoms with Crippen molar-refractivity contribution in [1.29, 1.82) is 0 Å². The fourth-order valence-electron chi connectivity index (χ4n) is 3.59. The Balaban J connectivity index is 1.66. The SMILES string of the molecule is COc1ccccc1C1=CN(N)Cc2c1nnn2Cc1ccc(NS(=O)(=O)O)c(C)c1. The molecule has 0 radical (unpaired) electrons. The Morgan fingerprint density at radius 2 is 2.03 bits per heavy atom. The van der Waals surface area contributed by atoms with Gasteiger partial charge in [-0.15, -0.1) is 5.10 Å². The molecule has 0 aliphatic carbocycles. The maximum atomic E-state index is 11.1. The summed E-state index contributed by atoms with van der Waals surface area (Å²) in [6, 6.07) is 12.8. The van der Waals surface area contributed by atoms with Crippen LogP contribution >= 0.6 is 0 Å². The Hall–Kier alpha value is -3.41. The number of nitrogens with zero attached hydrogens (tertiary/aromatic N) is 4. The number of aromatic nitrogens is 3. The van der Waals surface area contributed by atoms with E-state index in [1.165, 1.54) is 0 Å². The van der Waals surface area contributed by atoms with Crippen LogP contribution < -0.4 is 15.3 Å². The molecular weight excluding hydrogens is 420 g/mol. The molecule has 1 aromatic heterocycles. The second-order valence-corrected chi connectivity index (χ2v) is 8.34. The summed E-state index contributed by atoms with van der Waals surface area (Å²) in [5.41, 5.74) is 5.13. The van der Waals surface area contributed by atoms with Crippen molar-refractivity contribution in [2.45, 2.75) is 20.0 Å². The lowest BCUT2D eigenvalue weighted by molar-refractivity contribution is 0.366. The number of rotatable bonds is 6. The van der Waals surface area contributed by atoms with Gasteiger partial charge in [0.15, 0.2) is 0 Å². The lowest BCUT2D eigenvalue weighted by Crippen LogP contribution is -2.30. The first-order valence-electron chi connectivity index (χ1n) is 9.39. The molecule has 4 N–H and O–H groups in total. The summed E-state index contributed by atoms with van der Waals surface area (Å²) in [6.07, 6.45) is 1.82. The van der Waals surface area contributed by atoms with Crippen LogP contribution in [0.4, 0.5) is 5.69 Å². The summed E-state index contributed by atoms with van der Waals surface area (Å²) < 4.78 is 40.5. The van der Waals surface area contributed by atoms with Crippen LogP contribution in [0.5, 0.6) is 5.75 Å². The van der Waals surface area contributed by atoms with Crippen molar-refractivity contribution in [3.05, 3.63) is 76.7 Å². The molecular formula is C20H22N6O4S. The van der Waals surface area contributed by atoms with Crippen LogP contribution in [0.1, 0.15) is 28.1 Å². The monoisotopic (exact) mass is 442 g/mol. The number of methoxy groups -OCH3 is 1. The normalized spacial score (nSPS) is 13.5. The largest absolute Gasteiger partial charge is 0.496 e. The van der Waals surface area contributed by atoms with E-state index in [4.69, 9.17) is 15.1 Å². The smallest absolute Gasteiger partial charge is 0.357 e. The molecule has 4 rings (SSSR count). The third-order valence-corrected chi connectivity index (χ3v) is 5.46. The minimum Gasteiger partial charge on any atom is -0.496 e. The topological polar surface area (TPSA) is 136 Å². The van der Waals surface area contributed by atoms with E-state index in [1.807, 2.05) is 36.5 Å². The Kier molecular flexibility index (Phi) is 5.39. The average Bonchev–Trinajstić information content (AvgIpc) is 3.11. The number of hydrogen-bond acceptors (Lipinski definition) is 7. The molecule has 0 bridgehead atoms. The first-order valence-corrected chi connectivity index (χ1v) is 10.8. The van der Waals surface area contributed by atoms with Crippen molar-refractivity contribution in [3.63, 3.8) is 0 Å². The summed E-state index contributed by atoms with van der Waals surface area (Å²) >= 11 is 0. The van der Waals surface area contributed by atoms with Gasteiger partial charge in [-0.2, -0.15) is 8.42 Å². The van der Waals surface area contributed by atoms with Crippen LogP contribution in [0.2, 0.25) is 0 Å². The van der Waals surface area contributed by atoms with Gasteiger partial charge in [-0.05, 0) is 30.2 Å². The second-order valence-electron chi connectivity index (χ2n) is 7.18. The second kappa shape index (κ2) is 8.02. The van der Waals surface area contributed by atoms with Gasteiger partial charge in [0.1, 0.15) is 11.4 Å². The minimum absolute atomic E-state index is 0.307. The standard InChI is InChI=1S/C20H22N6O4S/c1-13-9-14(7-8-17(13)23-31(27,28)29)10-26-18-12-25(21)11-16(20(18)22-24-26)15-5-3-4-6-19(15)30-2/h3-9,11,23H,10,12,21H2,1-2H3,(H,27,28,29). The van der Waals surface area contributed by atoms with Crippen LogP contribution in [-0.4, -0.2) is 40.1 Å². The summed E-state index contributed by atoms with van der Waals surface area (Å²) in [4.78, 5) is 0. The van der Waals surface area contributed by atoms with Crippen LogP contribution in [0.3, 0.4) is 0 Å². The Labute approximate surface area is 179 Å². The summed E-state index contributed by atoms with van der Waals surface area (Å²) in [5, 5.41) is 10.3. The predicted octanol–water partition coefficient (Wildman–Crippen LogP) is 1.94. The number of nitrogens with one attached hydrogen (secondary N) is 1. The van der Waals surface area contributed by atoms with Gasteiger partial charge in [-0.3, -0.25) is 9.27 Å². The van der Waals surface area contributed by atoms with Crippen LogP contribution in [0.15, 0.2) is 48.7 Å². The van der Waals surface area contributed by atoms with Crippen molar-refractivity contribution in [2.24, 2.45) is 5.84 Å². The highest BCUT2D eigenvalue weighted by Gasteiger charge is 2.25. The number of hydrazine groups is 1. The first kappa shape index (κ1) is 20.8. The third kappa shape index (κ3) is 4.38. The van der Waals surface area contributed by atoms with E-state index in [2.05, 4.69) is 15.0 Å². The highest BCUT2D eigenvalue weighted by Crippen LogP contribution is 2.34. The van der Waals surface area contributed by atoms with Crippen LogP contribution in [-0.2, 0) is 23.4 Å². The van der Waals surface area contributed by atoms with Crippen molar-refractivity contribution >= 4 is 21.6 Å². The lowest BCUT2D eigenvalue weighted by Gasteiger charge is -2.23. The highest BCUT2D eigenvalue weighted by atomic mass is 32.2. The zero-order chi connectivity index (χ0) is 22.2. The van der Waals surface area contributed by atoms with Crippen molar-refractivity contribution in [3.8, 4) is 5.75 Å². The molecule has 0 fully saturated rings. The van der Waals surface area contributed by atoms with E-state index in [1.54, 1.807) is 35.9 Å². The first-order chi connectivity index (χ1) is 14.7. The molecule has 1 aliphatic rings. The van der Waals surface area contributed by atoms with Gasteiger partial charge < -0.3 is 9.75 Å². The molecule has 162 valence electrons. The van der Waals surface area contributed by atoms with E-state index in [-0.39, 0.29) is 0 Å². The van der Waals surface area contributed by atoms with E-state index in [0.717, 1.165) is 28.1 Å². The lowest BCUT2D eigenvalue weighted by atomic mass is 9.99. The fourth-order valence-corrected chi connectivity index (χ4v) is 4.09. The summed E-state index contributed by atoms with van der Waals surface area (Å²) in [7, 11) is -2.72. The minimum atomic E-state index is -4.33. The van der Waals surface area contributed by atoms with E-state index < -0.39 is 10.3 Å². The van der Waals surface area contributed by atoms with Gasteiger partial charge in [0.05, 0.1) is 31.6 Å². The molecule has 2 heterocycles. The number of para-hydroxylation sites is 1. The van der Waals surface area contributed by atoms with Gasteiger partial charge >= 0.3 is 10.3 Å². The maximum absolute atomic E-state index is 11.1. The molecule has 0 saturated carbocycles. The van der Waals surface area contributed by atoms with E-state index in [0.29, 0.717) is 30.1 Å². The molecule has 10 nitrogen and oxygen atoms in total. The van der Waals surface area contributed by atoms with Gasteiger partial charge in [-0.1, -0.05) is 35.5 Å². The molecule has 31 heavy (non-hydrogen) atoms. The molecule has 0 amide bonds. The molecule has 2 aromatic carbocycles. The van der Waals surface area contributed by atoms with Crippen molar-refractivity contribution in [2.75, 3.05) is 11.8 Å². The summed E-state index contributed by atoms with van der Waals surface area (Å²) in [6.45, 7) is 2.60. The molecule has 3 aromatic rings. The number of nitrogens with two attached hydrogens (primary N) is 1. The number of anilines is 1. The Morgan fingerprint density at radius 1 is 1.26 bits per heavy atom. The quantitative estimate of drug-likeness (QED) is 0.389. The predicted molar refractivity (Wildman–Crippen MR) is 115 cm³/mol. The average molecular weight is 443 g/mol. The summed E-state index contributed by atoms with van der Waals surface area (Å²) in [5.74, 6) is 6.86. The number of aryl methyl sites for hydroxylation is 1. The van der Waals surface area contributed by atoms with Crippen molar-refractivity contribution < 1.29 is 17.7 Å². The number of ether oxygens (including phenoxy) is 1. The number of fused-ring (bicyclic) bond motifs is 1. The van der Waals surface area contributed by atoms with Crippen LogP contribution in [0.25, 0.3) is 5.57 Å². The van der Waals surface area contributed by atoms with Crippen molar-refractivity contribution in [1.82, 2.24) is 20.0 Å². The van der Waals surface area contributed by atoms with Gasteiger partial charge in [-0.25, -0.2) is 10.5 Å². The Morgan fingerprint density at radius 3 is 2.74 bits per heavy atom. The number of hydrogen-bond donors (Lipinski definition) is 3. The maximum Gasteiger partial charge on any atom is 0.357 e. The zero-order valence-electron chi connectivity index (χ0n) is 17.0. The molecule has 0 saturated heterocycles. The molecule has 1 aliphatic heterocycles. The molecule has 0 atom stereocenters. The van der Waals surface area contributed by atoms with E-state index in [9.17, 15) is 8.42 Å². The highest BCUT2D eigenvalue weighted by molar-refractivity contribution is 7.87. The third-order valence-electron chi connectivity index (χ3n) is 4.98. The Bertz CT molecular complexity index is 1270. The fraction of sp³-hybridized carbons (Fsp3) is 0.200. The van der Waals surface area contributed by atoms with Gasteiger partial charge in [0.2, 0.25) is 0 Å². The van der Waals surface area contributed by atoms with Gasteiger partial charge in [0, 0.05) is 17.3 Å². The molecule has 0 unspecified atom stereocenters. The zero-order valence-corrected chi connectivity index (χ0v) is 17.8. The molecule has 11 heteroatoms.